The van der Waals surface area contributed by atoms with Gasteiger partial charge in [-0.2, -0.15) is 0 Å². The molecule has 1 aromatic heterocycles. The summed E-state index contributed by atoms with van der Waals surface area (Å²) in [6, 6.07) is 4.55. The number of ether oxygens (including phenoxy) is 1. The van der Waals surface area contributed by atoms with E-state index in [4.69, 9.17) is 10.5 Å². The molecule has 0 spiro atoms. The Morgan fingerprint density at radius 1 is 1.50 bits per heavy atom. The van der Waals surface area contributed by atoms with Crippen molar-refractivity contribution in [2.45, 2.75) is 6.92 Å². The first-order valence-electron chi connectivity index (χ1n) is 4.81. The zero-order chi connectivity index (χ0) is 11.5. The molecule has 6 heteroatoms. The van der Waals surface area contributed by atoms with Gasteiger partial charge >= 0.3 is 0 Å². The van der Waals surface area contributed by atoms with Crippen LogP contribution in [0.5, 0.6) is 5.75 Å². The Bertz CT molecular complexity index is 497. The van der Waals surface area contributed by atoms with Gasteiger partial charge < -0.3 is 10.5 Å². The number of anilines is 1. The normalized spacial score (nSPS) is 10.4. The molecule has 0 fully saturated rings. The Morgan fingerprint density at radius 2 is 2.31 bits per heavy atom. The van der Waals surface area contributed by atoms with E-state index in [1.807, 2.05) is 0 Å². The summed E-state index contributed by atoms with van der Waals surface area (Å²) in [7, 11) is 0. The molecule has 0 amide bonds. The predicted molar refractivity (Wildman–Crippen MR) is 56.9 cm³/mol. The van der Waals surface area contributed by atoms with Crippen molar-refractivity contribution in [1.29, 1.82) is 0 Å². The Kier molecular flexibility index (Phi) is 2.72. The molecule has 0 aliphatic carbocycles. The second-order valence-corrected chi connectivity index (χ2v) is 3.14. The van der Waals surface area contributed by atoms with E-state index in [-0.39, 0.29) is 11.6 Å². The minimum atomic E-state index is -0.437. The lowest BCUT2D eigenvalue weighted by atomic mass is 10.3. The van der Waals surface area contributed by atoms with Crippen LogP contribution < -0.4 is 10.5 Å². The molecule has 0 aliphatic rings. The topological polar surface area (TPSA) is 66.0 Å². The average molecular weight is 222 g/mol. The van der Waals surface area contributed by atoms with Crippen molar-refractivity contribution < 1.29 is 9.13 Å². The summed E-state index contributed by atoms with van der Waals surface area (Å²) in [6.07, 6.45) is 1.51. The maximum atomic E-state index is 13.5. The third kappa shape index (κ3) is 1.95. The smallest absolute Gasteiger partial charge is 0.167 e. The minimum Gasteiger partial charge on any atom is -0.491 e. The van der Waals surface area contributed by atoms with E-state index in [1.54, 1.807) is 19.1 Å². The Balaban J connectivity index is 2.34. The van der Waals surface area contributed by atoms with Gasteiger partial charge in [0.15, 0.2) is 17.4 Å². The van der Waals surface area contributed by atoms with Gasteiger partial charge in [0.1, 0.15) is 0 Å². The highest BCUT2D eigenvalue weighted by atomic mass is 19.1. The minimum absolute atomic E-state index is 0.222. The van der Waals surface area contributed by atoms with Gasteiger partial charge in [-0.05, 0) is 19.1 Å². The fraction of sp³-hybridized carbons (Fsp3) is 0.200. The largest absolute Gasteiger partial charge is 0.491 e. The number of benzene rings is 1. The van der Waals surface area contributed by atoms with Crippen molar-refractivity contribution in [2.75, 3.05) is 12.3 Å². The van der Waals surface area contributed by atoms with Crippen LogP contribution in [0.25, 0.3) is 5.69 Å². The molecular formula is C10H11FN4O. The van der Waals surface area contributed by atoms with Crippen molar-refractivity contribution in [3.05, 3.63) is 30.2 Å². The maximum Gasteiger partial charge on any atom is 0.167 e. The Morgan fingerprint density at radius 3 is 2.88 bits per heavy atom. The van der Waals surface area contributed by atoms with Gasteiger partial charge in [0.2, 0.25) is 0 Å². The van der Waals surface area contributed by atoms with E-state index >= 15 is 0 Å². The van der Waals surface area contributed by atoms with Crippen molar-refractivity contribution in [3.63, 3.8) is 0 Å². The van der Waals surface area contributed by atoms with Gasteiger partial charge in [0.25, 0.3) is 0 Å². The maximum absolute atomic E-state index is 13.5. The van der Waals surface area contributed by atoms with Crippen molar-refractivity contribution in [2.24, 2.45) is 0 Å². The third-order valence-corrected chi connectivity index (χ3v) is 1.99. The van der Waals surface area contributed by atoms with Crippen LogP contribution in [0.15, 0.2) is 24.4 Å². The summed E-state index contributed by atoms with van der Waals surface area (Å²) < 4.78 is 20.0. The second kappa shape index (κ2) is 4.18. The van der Waals surface area contributed by atoms with E-state index in [2.05, 4.69) is 10.3 Å². The first kappa shape index (κ1) is 10.4. The molecule has 16 heavy (non-hydrogen) atoms. The summed E-state index contributed by atoms with van der Waals surface area (Å²) in [5.41, 5.74) is 5.97. The molecule has 0 atom stereocenters. The molecule has 1 aromatic carbocycles. The first-order chi connectivity index (χ1) is 7.70. The van der Waals surface area contributed by atoms with Crippen LogP contribution in [0.3, 0.4) is 0 Å². The molecule has 5 nitrogen and oxygen atoms in total. The summed E-state index contributed by atoms with van der Waals surface area (Å²) in [5, 5.41) is 7.36. The fourth-order valence-electron chi connectivity index (χ4n) is 1.31. The second-order valence-electron chi connectivity index (χ2n) is 3.14. The number of nitrogens with zero attached hydrogens (tertiary/aromatic N) is 3. The van der Waals surface area contributed by atoms with Crippen molar-refractivity contribution >= 4 is 5.82 Å². The third-order valence-electron chi connectivity index (χ3n) is 1.99. The molecular weight excluding hydrogens is 211 g/mol. The first-order valence-corrected chi connectivity index (χ1v) is 4.81. The molecule has 2 rings (SSSR count). The highest BCUT2D eigenvalue weighted by Crippen LogP contribution is 2.20. The lowest BCUT2D eigenvalue weighted by Gasteiger charge is -2.06. The Hall–Kier alpha value is -2.11. The molecule has 0 saturated carbocycles. The van der Waals surface area contributed by atoms with Gasteiger partial charge in [-0.1, -0.05) is 5.21 Å². The SMILES string of the molecule is CCOc1ccc(-n2cc(N)nn2)cc1F. The van der Waals surface area contributed by atoms with Crippen LogP contribution in [0.2, 0.25) is 0 Å². The predicted octanol–water partition coefficient (Wildman–Crippen LogP) is 1.39. The summed E-state index contributed by atoms with van der Waals surface area (Å²) >= 11 is 0. The van der Waals surface area contributed by atoms with E-state index in [9.17, 15) is 4.39 Å². The number of nitrogens with two attached hydrogens (primary N) is 1. The van der Waals surface area contributed by atoms with Crippen LogP contribution in [-0.2, 0) is 0 Å². The van der Waals surface area contributed by atoms with Crippen LogP contribution in [0, 0.1) is 5.82 Å². The quantitative estimate of drug-likeness (QED) is 0.852. The van der Waals surface area contributed by atoms with Crippen LogP contribution in [0.1, 0.15) is 6.92 Å². The van der Waals surface area contributed by atoms with E-state index in [0.717, 1.165) is 0 Å². The van der Waals surface area contributed by atoms with E-state index in [0.29, 0.717) is 12.3 Å². The zero-order valence-electron chi connectivity index (χ0n) is 8.72. The molecule has 0 saturated heterocycles. The van der Waals surface area contributed by atoms with E-state index in [1.165, 1.54) is 16.9 Å². The van der Waals surface area contributed by atoms with Crippen molar-refractivity contribution in [3.8, 4) is 11.4 Å². The van der Waals surface area contributed by atoms with Crippen LogP contribution in [0.4, 0.5) is 10.2 Å². The summed E-state index contributed by atoms with van der Waals surface area (Å²) in [4.78, 5) is 0. The number of aromatic nitrogens is 3. The number of hydrogen-bond donors (Lipinski definition) is 1. The number of rotatable bonds is 3. The molecule has 1 heterocycles. The van der Waals surface area contributed by atoms with Crippen LogP contribution in [-0.4, -0.2) is 21.6 Å². The average Bonchev–Trinajstić information content (AvgIpc) is 2.68. The van der Waals surface area contributed by atoms with Crippen molar-refractivity contribution in [1.82, 2.24) is 15.0 Å². The van der Waals surface area contributed by atoms with E-state index < -0.39 is 5.82 Å². The lowest BCUT2D eigenvalue weighted by Crippen LogP contribution is -1.99. The van der Waals surface area contributed by atoms with Gasteiger partial charge in [0.05, 0.1) is 18.5 Å². The molecule has 2 N–H and O–H groups in total. The molecule has 0 aliphatic heterocycles. The molecule has 0 radical (unpaired) electrons. The molecule has 2 aromatic rings. The highest BCUT2D eigenvalue weighted by molar-refractivity contribution is 5.39. The standard InChI is InChI=1S/C10H11FN4O/c1-2-16-9-4-3-7(5-8(9)11)15-6-10(12)13-14-15/h3-6H,2,12H2,1H3. The number of halogens is 1. The summed E-state index contributed by atoms with van der Waals surface area (Å²) in [5.74, 6) is 0.0713. The van der Waals surface area contributed by atoms with Gasteiger partial charge in [-0.15, -0.1) is 5.10 Å². The zero-order valence-corrected chi connectivity index (χ0v) is 8.72. The fourth-order valence-corrected chi connectivity index (χ4v) is 1.31. The number of nitrogen functional groups attached to an aromatic ring is 1. The number of hydrogen-bond acceptors (Lipinski definition) is 4. The lowest BCUT2D eigenvalue weighted by molar-refractivity contribution is 0.321. The van der Waals surface area contributed by atoms with Crippen LogP contribution >= 0.6 is 0 Å². The van der Waals surface area contributed by atoms with Gasteiger partial charge in [-0.25, -0.2) is 9.07 Å². The monoisotopic (exact) mass is 222 g/mol. The Labute approximate surface area is 91.6 Å². The molecule has 0 bridgehead atoms. The molecule has 84 valence electrons. The molecule has 0 unspecified atom stereocenters. The van der Waals surface area contributed by atoms with Gasteiger partial charge in [-0.3, -0.25) is 0 Å². The van der Waals surface area contributed by atoms with Gasteiger partial charge in [0, 0.05) is 6.07 Å². The highest BCUT2D eigenvalue weighted by Gasteiger charge is 2.06. The summed E-state index contributed by atoms with van der Waals surface area (Å²) in [6.45, 7) is 2.22.